The first-order valence-corrected chi connectivity index (χ1v) is 16.5. The van der Waals surface area contributed by atoms with E-state index in [2.05, 4.69) is 16.0 Å². The molecule has 0 aliphatic carbocycles. The number of aryl methyl sites for hydroxylation is 1. The van der Waals surface area contributed by atoms with Crippen LogP contribution in [0.25, 0.3) is 0 Å². The van der Waals surface area contributed by atoms with Gasteiger partial charge in [0, 0.05) is 35.3 Å². The summed E-state index contributed by atoms with van der Waals surface area (Å²) in [6.07, 6.45) is 0.195. The summed E-state index contributed by atoms with van der Waals surface area (Å²) in [7, 11) is 0. The van der Waals surface area contributed by atoms with Crippen LogP contribution in [0.15, 0.2) is 108 Å². The largest absolute Gasteiger partial charge is 0.465 e. The fourth-order valence-corrected chi connectivity index (χ4v) is 6.82. The highest BCUT2D eigenvalue weighted by molar-refractivity contribution is 7.99. The van der Waals surface area contributed by atoms with Crippen molar-refractivity contribution in [2.45, 2.75) is 41.9 Å². The Morgan fingerprint density at radius 3 is 2.18 bits per heavy atom. The number of rotatable bonds is 12. The van der Waals surface area contributed by atoms with Crippen LogP contribution in [0.5, 0.6) is 0 Å². The molecule has 5 rings (SSSR count). The molecule has 0 spiro atoms. The number of para-hydroxylation sites is 1. The van der Waals surface area contributed by atoms with Gasteiger partial charge in [-0.3, -0.25) is 4.79 Å². The van der Waals surface area contributed by atoms with Gasteiger partial charge in [-0.05, 0) is 53.8 Å². The van der Waals surface area contributed by atoms with Crippen LogP contribution in [-0.4, -0.2) is 54.2 Å². The third-order valence-electron chi connectivity index (χ3n) is 7.68. The normalized spacial score (nSPS) is 17.0. The highest BCUT2D eigenvalue weighted by atomic mass is 35.5. The fourth-order valence-electron chi connectivity index (χ4n) is 5.52. The molecule has 0 radical (unpaired) electrons. The fraction of sp³-hybridized carbons (Fsp3) is 0.257. The number of halogens is 2. The second-order valence-corrected chi connectivity index (χ2v) is 12.7. The molecule has 1 fully saturated rings. The minimum Gasteiger partial charge on any atom is -0.465 e. The van der Waals surface area contributed by atoms with Crippen LogP contribution in [0, 0.1) is 0 Å². The first kappa shape index (κ1) is 32.9. The molecule has 45 heavy (non-hydrogen) atoms. The maximum absolute atomic E-state index is 13.9. The minimum absolute atomic E-state index is 0.00359. The van der Waals surface area contributed by atoms with Crippen LogP contribution < -0.4 is 16.0 Å². The summed E-state index contributed by atoms with van der Waals surface area (Å²) in [5.74, 6) is -0.190. The zero-order valence-electron chi connectivity index (χ0n) is 24.5. The number of thioether (sulfide) groups is 1. The lowest BCUT2D eigenvalue weighted by Crippen LogP contribution is -2.47. The van der Waals surface area contributed by atoms with Crippen LogP contribution in [0.3, 0.4) is 0 Å². The number of hydrogen-bond acceptors (Lipinski definition) is 5. The molecule has 234 valence electrons. The number of amides is 2. The number of anilines is 1. The first-order valence-electron chi connectivity index (χ1n) is 14.8. The Morgan fingerprint density at radius 2 is 1.51 bits per heavy atom. The molecule has 0 aromatic heterocycles. The topological polar surface area (TPSA) is 99.7 Å². The molecule has 1 heterocycles. The zero-order valence-corrected chi connectivity index (χ0v) is 26.8. The molecule has 10 heteroatoms. The summed E-state index contributed by atoms with van der Waals surface area (Å²) in [5.41, 5.74) is 3.27. The zero-order chi connectivity index (χ0) is 31.6. The second-order valence-electron chi connectivity index (χ2n) is 10.8. The summed E-state index contributed by atoms with van der Waals surface area (Å²) < 4.78 is 6.41. The van der Waals surface area contributed by atoms with Crippen LogP contribution in [-0.2, 0) is 16.0 Å². The quantitative estimate of drug-likeness (QED) is 0.117. The van der Waals surface area contributed by atoms with Gasteiger partial charge in [0.15, 0.2) is 0 Å². The minimum atomic E-state index is -1.27. The third kappa shape index (κ3) is 9.25. The molecule has 1 aliphatic rings. The summed E-state index contributed by atoms with van der Waals surface area (Å²) in [6.45, 7) is 1.50. The van der Waals surface area contributed by atoms with Crippen LogP contribution in [0.4, 0.5) is 10.5 Å². The predicted molar refractivity (Wildman–Crippen MR) is 182 cm³/mol. The van der Waals surface area contributed by atoms with E-state index >= 15 is 0 Å². The van der Waals surface area contributed by atoms with Crippen LogP contribution >= 0.6 is 35.0 Å². The van der Waals surface area contributed by atoms with Crippen LogP contribution in [0.2, 0.25) is 10.0 Å². The lowest BCUT2D eigenvalue weighted by atomic mass is 9.84. The van der Waals surface area contributed by atoms with E-state index in [0.717, 1.165) is 46.8 Å². The molecule has 1 saturated heterocycles. The monoisotopic (exact) mass is 663 g/mol. The van der Waals surface area contributed by atoms with Gasteiger partial charge in [-0.1, -0.05) is 102 Å². The molecule has 7 nitrogen and oxygen atoms in total. The highest BCUT2D eigenvalue weighted by Gasteiger charge is 2.33. The Balaban J connectivity index is 1.25. The van der Waals surface area contributed by atoms with E-state index in [4.69, 9.17) is 27.9 Å². The van der Waals surface area contributed by atoms with E-state index in [1.807, 2.05) is 97.1 Å². The van der Waals surface area contributed by atoms with Gasteiger partial charge in [0.25, 0.3) is 0 Å². The van der Waals surface area contributed by atoms with Gasteiger partial charge < -0.3 is 25.8 Å². The van der Waals surface area contributed by atoms with Crippen molar-refractivity contribution in [1.29, 1.82) is 0 Å². The maximum Gasteiger partial charge on any atom is 0.405 e. The molecule has 2 amide bonds. The number of hydrogen-bond donors (Lipinski definition) is 4. The SMILES string of the molecule is O=C(O)NC(C(=O)Nc1ccccc1CC[C@@H]1CNC[C@@H](CSc2ccc(Cl)c(Cl)c2)O1)C(c1ccccc1)c1ccccc1. The van der Waals surface area contributed by atoms with Crippen molar-refractivity contribution in [3.63, 3.8) is 0 Å². The molecule has 4 aromatic carbocycles. The number of benzene rings is 4. The number of morpholine rings is 1. The number of nitrogens with one attached hydrogen (secondary N) is 3. The molecule has 4 N–H and O–H groups in total. The number of carbonyl (C=O) groups is 2. The molecule has 3 atom stereocenters. The Kier molecular flexibility index (Phi) is 11.8. The molecule has 0 bridgehead atoms. The number of carboxylic acid groups (broad SMARTS) is 1. The van der Waals surface area contributed by atoms with Crippen molar-refractivity contribution in [2.24, 2.45) is 0 Å². The lowest BCUT2D eigenvalue weighted by molar-refractivity contribution is -0.118. The van der Waals surface area contributed by atoms with Gasteiger partial charge in [-0.15, -0.1) is 11.8 Å². The molecule has 4 aromatic rings. The van der Waals surface area contributed by atoms with E-state index in [9.17, 15) is 14.7 Å². The number of ether oxygens (including phenoxy) is 1. The van der Waals surface area contributed by atoms with Crippen molar-refractivity contribution in [2.75, 3.05) is 24.2 Å². The smallest absolute Gasteiger partial charge is 0.405 e. The lowest BCUT2D eigenvalue weighted by Gasteiger charge is -2.31. The van der Waals surface area contributed by atoms with Gasteiger partial charge in [0.05, 0.1) is 22.3 Å². The third-order valence-corrected chi connectivity index (χ3v) is 9.54. The van der Waals surface area contributed by atoms with E-state index < -0.39 is 24.0 Å². The molecule has 0 saturated carbocycles. The number of carbonyl (C=O) groups excluding carboxylic acids is 1. The Labute approximate surface area is 277 Å². The summed E-state index contributed by atoms with van der Waals surface area (Å²) in [6, 6.07) is 31.1. The summed E-state index contributed by atoms with van der Waals surface area (Å²) in [4.78, 5) is 26.9. The molecular weight excluding hydrogens is 629 g/mol. The van der Waals surface area contributed by atoms with E-state index in [-0.39, 0.29) is 12.2 Å². The standard InChI is InChI=1S/C35H35Cl2N3O4S/c36-29-18-17-28(19-30(29)37)45-22-27-21-38-20-26(44-27)16-15-23-9-7-8-14-31(23)39-34(41)33(40-35(42)43)32(24-10-3-1-4-11-24)25-12-5-2-6-13-25/h1-14,17-19,26-27,32-33,38,40H,15-16,20-22H2,(H,39,41)(H,42,43)/t26-,27+,33?/m1/s1. The van der Waals surface area contributed by atoms with Gasteiger partial charge in [0.1, 0.15) is 6.04 Å². The van der Waals surface area contributed by atoms with Crippen molar-refractivity contribution < 1.29 is 19.4 Å². The van der Waals surface area contributed by atoms with E-state index in [1.165, 1.54) is 0 Å². The van der Waals surface area contributed by atoms with E-state index in [1.54, 1.807) is 17.8 Å². The average molecular weight is 665 g/mol. The second kappa shape index (κ2) is 16.2. The maximum atomic E-state index is 13.9. The Morgan fingerprint density at radius 1 is 0.867 bits per heavy atom. The van der Waals surface area contributed by atoms with Gasteiger partial charge in [-0.25, -0.2) is 4.79 Å². The van der Waals surface area contributed by atoms with E-state index in [0.29, 0.717) is 22.2 Å². The highest BCUT2D eigenvalue weighted by Crippen LogP contribution is 2.31. The van der Waals surface area contributed by atoms with Crippen molar-refractivity contribution in [3.8, 4) is 0 Å². The van der Waals surface area contributed by atoms with Gasteiger partial charge in [0.2, 0.25) is 5.91 Å². The van der Waals surface area contributed by atoms with Crippen molar-refractivity contribution in [1.82, 2.24) is 10.6 Å². The summed E-state index contributed by atoms with van der Waals surface area (Å²) >= 11 is 13.9. The molecule has 1 unspecified atom stereocenters. The van der Waals surface area contributed by atoms with Gasteiger partial charge in [-0.2, -0.15) is 0 Å². The van der Waals surface area contributed by atoms with Gasteiger partial charge >= 0.3 is 6.09 Å². The molecular formula is C35H35Cl2N3O4S. The Hall–Kier alpha value is -3.53. The Bertz CT molecular complexity index is 1540. The predicted octanol–water partition coefficient (Wildman–Crippen LogP) is 7.48. The van der Waals surface area contributed by atoms with Crippen molar-refractivity contribution >= 4 is 52.7 Å². The average Bonchev–Trinajstić information content (AvgIpc) is 3.05. The molecule has 1 aliphatic heterocycles. The van der Waals surface area contributed by atoms with Crippen LogP contribution in [0.1, 0.15) is 29.0 Å². The summed E-state index contributed by atoms with van der Waals surface area (Å²) in [5, 5.41) is 19.8. The van der Waals surface area contributed by atoms with Crippen molar-refractivity contribution in [3.05, 3.63) is 130 Å². The first-order chi connectivity index (χ1) is 21.9.